The first-order valence-electron chi connectivity index (χ1n) is 2.99. The molecule has 0 aliphatic rings. The fraction of sp³-hybridized carbons (Fsp3) is 1.00. The van der Waals surface area contributed by atoms with Crippen molar-refractivity contribution in [1.29, 1.82) is 0 Å². The predicted octanol–water partition coefficient (Wildman–Crippen LogP) is 1.64. The van der Waals surface area contributed by atoms with E-state index in [4.69, 9.17) is 4.89 Å². The molecule has 1 unspecified atom stereocenters. The van der Waals surface area contributed by atoms with Crippen molar-refractivity contribution in [3.8, 4) is 0 Å². The van der Waals surface area contributed by atoms with Crippen LogP contribution in [0, 0.1) is 0 Å². The van der Waals surface area contributed by atoms with Crippen LogP contribution in [0.25, 0.3) is 0 Å². The molecule has 4 heteroatoms. The summed E-state index contributed by atoms with van der Waals surface area (Å²) in [6.45, 7) is 2.08. The van der Waals surface area contributed by atoms with Crippen molar-refractivity contribution in [3.05, 3.63) is 0 Å². The van der Waals surface area contributed by atoms with E-state index in [1.807, 2.05) is 0 Å². The Kier molecular flexibility index (Phi) is 12.4. The summed E-state index contributed by atoms with van der Waals surface area (Å²) in [6.07, 6.45) is 3.62. The van der Waals surface area contributed by atoms with E-state index in [9.17, 15) is 4.57 Å². The zero-order valence-electron chi connectivity index (χ0n) is 5.59. The molecule has 0 aliphatic heterocycles. The van der Waals surface area contributed by atoms with Gasteiger partial charge in [0.25, 0.3) is 0 Å². The van der Waals surface area contributed by atoms with Gasteiger partial charge in [-0.1, -0.05) is 19.8 Å². The minimum Gasteiger partial charge on any atom is -0.346 e. The SMILES string of the molecule is CCCCC[PH](=O)O.[Mo]. The second kappa shape index (κ2) is 8.88. The third kappa shape index (κ3) is 12.2. The molecule has 0 aromatic heterocycles. The first kappa shape index (κ1) is 12.5. The fourth-order valence-electron chi connectivity index (χ4n) is 0.526. The monoisotopic (exact) mass is 234 g/mol. The molecule has 0 saturated heterocycles. The Morgan fingerprint density at radius 1 is 1.44 bits per heavy atom. The molecule has 56 valence electrons. The molecule has 0 heterocycles. The van der Waals surface area contributed by atoms with E-state index >= 15 is 0 Å². The summed E-state index contributed by atoms with van der Waals surface area (Å²) in [5.74, 6) is 0. The molecule has 0 bridgehead atoms. The van der Waals surface area contributed by atoms with Crippen molar-refractivity contribution >= 4 is 8.03 Å². The smallest absolute Gasteiger partial charge is 0.189 e. The van der Waals surface area contributed by atoms with E-state index in [2.05, 4.69) is 6.92 Å². The van der Waals surface area contributed by atoms with Crippen molar-refractivity contribution in [2.45, 2.75) is 26.2 Å². The number of hydrogen-bond acceptors (Lipinski definition) is 1. The van der Waals surface area contributed by atoms with E-state index in [0.29, 0.717) is 6.16 Å². The van der Waals surface area contributed by atoms with Crippen LogP contribution in [0.2, 0.25) is 0 Å². The zero-order chi connectivity index (χ0) is 6.41. The molecular weight excluding hydrogens is 219 g/mol. The van der Waals surface area contributed by atoms with Gasteiger partial charge in [-0.25, -0.2) is 0 Å². The van der Waals surface area contributed by atoms with Crippen LogP contribution >= 0.6 is 8.03 Å². The van der Waals surface area contributed by atoms with Crippen LogP contribution in [-0.4, -0.2) is 11.1 Å². The van der Waals surface area contributed by atoms with Gasteiger partial charge in [0.2, 0.25) is 0 Å². The van der Waals surface area contributed by atoms with Crippen molar-refractivity contribution in [3.63, 3.8) is 0 Å². The Bertz CT molecular complexity index is 77.4. The Balaban J connectivity index is 0. The summed E-state index contributed by atoms with van der Waals surface area (Å²) in [4.78, 5) is 8.33. The predicted molar refractivity (Wildman–Crippen MR) is 35.6 cm³/mol. The molecule has 0 fully saturated rings. The maximum absolute atomic E-state index is 10.1. The van der Waals surface area contributed by atoms with Gasteiger partial charge in [-0.2, -0.15) is 0 Å². The van der Waals surface area contributed by atoms with Crippen molar-refractivity contribution in [1.82, 2.24) is 0 Å². The van der Waals surface area contributed by atoms with Crippen LogP contribution in [0.5, 0.6) is 0 Å². The molecular formula is C5H13MoO2P. The molecule has 0 rings (SSSR count). The van der Waals surface area contributed by atoms with Crippen LogP contribution in [-0.2, 0) is 25.6 Å². The molecule has 0 aromatic rings. The number of unbranched alkanes of at least 4 members (excludes halogenated alkanes) is 2. The van der Waals surface area contributed by atoms with Crippen LogP contribution in [0.15, 0.2) is 0 Å². The quantitative estimate of drug-likeness (QED) is 0.454. The van der Waals surface area contributed by atoms with Gasteiger partial charge < -0.3 is 4.89 Å². The van der Waals surface area contributed by atoms with Crippen molar-refractivity contribution in [2.24, 2.45) is 0 Å². The molecule has 0 spiro atoms. The Morgan fingerprint density at radius 3 is 2.33 bits per heavy atom. The van der Waals surface area contributed by atoms with Gasteiger partial charge in [-0.15, -0.1) is 0 Å². The van der Waals surface area contributed by atoms with Gasteiger partial charge >= 0.3 is 0 Å². The molecule has 2 nitrogen and oxygen atoms in total. The summed E-state index contributed by atoms with van der Waals surface area (Å²) in [7, 11) is -2.16. The Labute approximate surface area is 71.2 Å². The van der Waals surface area contributed by atoms with Crippen LogP contribution in [0.3, 0.4) is 0 Å². The molecule has 0 saturated carbocycles. The Hall–Kier alpha value is 0.878. The van der Waals surface area contributed by atoms with Crippen molar-refractivity contribution in [2.75, 3.05) is 6.16 Å². The first-order chi connectivity index (χ1) is 3.77. The van der Waals surface area contributed by atoms with Crippen LogP contribution in [0.1, 0.15) is 26.2 Å². The average Bonchev–Trinajstić information content (AvgIpc) is 1.66. The van der Waals surface area contributed by atoms with Gasteiger partial charge in [0.1, 0.15) is 0 Å². The zero-order valence-corrected chi connectivity index (χ0v) is 8.60. The van der Waals surface area contributed by atoms with Crippen LogP contribution in [0.4, 0.5) is 0 Å². The van der Waals surface area contributed by atoms with Gasteiger partial charge in [-0.3, -0.25) is 4.57 Å². The van der Waals surface area contributed by atoms with Gasteiger partial charge in [0.05, 0.1) is 0 Å². The molecule has 1 atom stereocenters. The molecule has 0 aromatic carbocycles. The average molecular weight is 232 g/mol. The molecule has 1 N–H and O–H groups in total. The van der Waals surface area contributed by atoms with Gasteiger partial charge in [0.15, 0.2) is 8.03 Å². The van der Waals surface area contributed by atoms with E-state index in [1.165, 1.54) is 0 Å². The van der Waals surface area contributed by atoms with E-state index < -0.39 is 8.03 Å². The fourth-order valence-corrected chi connectivity index (χ4v) is 1.08. The molecule has 0 aliphatic carbocycles. The largest absolute Gasteiger partial charge is 0.346 e. The normalized spacial score (nSPS) is 12.2. The second-order valence-corrected chi connectivity index (χ2v) is 3.14. The second-order valence-electron chi connectivity index (χ2n) is 1.85. The molecule has 0 amide bonds. The summed E-state index contributed by atoms with van der Waals surface area (Å²) in [5.41, 5.74) is 0. The van der Waals surface area contributed by atoms with E-state index in [1.54, 1.807) is 0 Å². The summed E-state index contributed by atoms with van der Waals surface area (Å²) < 4.78 is 10.1. The topological polar surface area (TPSA) is 37.3 Å². The third-order valence-corrected chi connectivity index (χ3v) is 1.78. The van der Waals surface area contributed by atoms with E-state index in [-0.39, 0.29) is 21.1 Å². The van der Waals surface area contributed by atoms with Crippen molar-refractivity contribution < 1.29 is 30.5 Å². The van der Waals surface area contributed by atoms with E-state index in [0.717, 1.165) is 19.3 Å². The summed E-state index contributed by atoms with van der Waals surface area (Å²) >= 11 is 0. The Morgan fingerprint density at radius 2 is 2.00 bits per heavy atom. The standard InChI is InChI=1S/C5H13O2P.Mo/c1-2-3-4-5-8(6)7;/h8H,2-5H2,1H3,(H,6,7);. The minimum absolute atomic E-state index is 0. The molecule has 9 heavy (non-hydrogen) atoms. The number of hydrogen-bond donors (Lipinski definition) is 1. The van der Waals surface area contributed by atoms with Crippen LogP contribution < -0.4 is 0 Å². The summed E-state index contributed by atoms with van der Waals surface area (Å²) in [6, 6.07) is 0. The maximum Gasteiger partial charge on any atom is 0.189 e. The first-order valence-corrected chi connectivity index (χ1v) is 4.55. The van der Waals surface area contributed by atoms with Gasteiger partial charge in [-0.05, 0) is 6.42 Å². The maximum atomic E-state index is 10.1. The summed E-state index contributed by atoms with van der Waals surface area (Å²) in [5, 5.41) is 0. The third-order valence-electron chi connectivity index (χ3n) is 0.994. The molecule has 0 radical (unpaired) electrons. The van der Waals surface area contributed by atoms with Gasteiger partial charge in [0, 0.05) is 27.2 Å². The number of rotatable bonds is 4. The minimum atomic E-state index is -2.16.